The van der Waals surface area contributed by atoms with Crippen molar-refractivity contribution in [1.82, 2.24) is 14.9 Å². The summed E-state index contributed by atoms with van der Waals surface area (Å²) in [5, 5.41) is 3.29. The van der Waals surface area contributed by atoms with Crippen LogP contribution in [0.1, 0.15) is 17.2 Å². The van der Waals surface area contributed by atoms with Crippen LogP contribution in [-0.4, -0.2) is 22.6 Å². The normalized spacial score (nSPS) is 16.9. The van der Waals surface area contributed by atoms with Gasteiger partial charge in [0.05, 0.1) is 23.4 Å². The molecule has 3 heteroatoms. The summed E-state index contributed by atoms with van der Waals surface area (Å²) in [4.78, 5) is 4.46. The molecule has 1 fully saturated rings. The lowest BCUT2D eigenvalue weighted by molar-refractivity contribution is 0.350. The highest BCUT2D eigenvalue weighted by Crippen LogP contribution is 2.23. The summed E-state index contributed by atoms with van der Waals surface area (Å²) in [7, 11) is 0. The highest BCUT2D eigenvalue weighted by Gasteiger charge is 2.20. The monoisotopic (exact) mass is 201 g/mol. The van der Waals surface area contributed by atoms with Crippen molar-refractivity contribution in [2.75, 3.05) is 13.1 Å². The van der Waals surface area contributed by atoms with Crippen molar-refractivity contribution >= 4 is 11.0 Å². The van der Waals surface area contributed by atoms with Gasteiger partial charge in [-0.2, -0.15) is 0 Å². The van der Waals surface area contributed by atoms with Gasteiger partial charge in [0.1, 0.15) is 0 Å². The van der Waals surface area contributed by atoms with Gasteiger partial charge < -0.3 is 9.88 Å². The quantitative estimate of drug-likeness (QED) is 0.762. The molecular formula is C12H15N3. The van der Waals surface area contributed by atoms with Crippen LogP contribution in [0.3, 0.4) is 0 Å². The van der Waals surface area contributed by atoms with E-state index in [1.54, 1.807) is 0 Å². The third-order valence-corrected chi connectivity index (χ3v) is 3.34. The van der Waals surface area contributed by atoms with Crippen LogP contribution in [0.15, 0.2) is 18.5 Å². The fourth-order valence-electron chi connectivity index (χ4n) is 2.04. The van der Waals surface area contributed by atoms with Gasteiger partial charge in [0.15, 0.2) is 0 Å². The fourth-order valence-corrected chi connectivity index (χ4v) is 2.04. The Hall–Kier alpha value is -1.35. The minimum Gasteiger partial charge on any atom is -0.325 e. The maximum atomic E-state index is 4.46. The summed E-state index contributed by atoms with van der Waals surface area (Å²) in [5.41, 5.74) is 5.05. The number of nitrogens with one attached hydrogen (secondary N) is 1. The van der Waals surface area contributed by atoms with Gasteiger partial charge >= 0.3 is 0 Å². The first kappa shape index (κ1) is 8.92. The maximum absolute atomic E-state index is 4.46. The highest BCUT2D eigenvalue weighted by atomic mass is 15.2. The molecule has 0 atom stereocenters. The van der Waals surface area contributed by atoms with Gasteiger partial charge in [-0.25, -0.2) is 4.98 Å². The molecule has 78 valence electrons. The SMILES string of the molecule is Cc1cc2ncn(C3CNC3)c2cc1C. The lowest BCUT2D eigenvalue weighted by atomic mass is 10.1. The summed E-state index contributed by atoms with van der Waals surface area (Å²) < 4.78 is 2.29. The van der Waals surface area contributed by atoms with Gasteiger partial charge in [-0.1, -0.05) is 0 Å². The number of benzene rings is 1. The van der Waals surface area contributed by atoms with Crippen LogP contribution < -0.4 is 5.32 Å². The Labute approximate surface area is 89.1 Å². The van der Waals surface area contributed by atoms with Gasteiger partial charge in [-0.15, -0.1) is 0 Å². The number of hydrogen-bond acceptors (Lipinski definition) is 2. The molecule has 1 aliphatic rings. The van der Waals surface area contributed by atoms with Crippen molar-refractivity contribution in [2.24, 2.45) is 0 Å². The van der Waals surface area contributed by atoms with Crippen LogP contribution in [0.25, 0.3) is 11.0 Å². The van der Waals surface area contributed by atoms with Crippen LogP contribution in [0.4, 0.5) is 0 Å². The van der Waals surface area contributed by atoms with E-state index in [9.17, 15) is 0 Å². The second-order valence-electron chi connectivity index (χ2n) is 4.39. The molecule has 0 bridgehead atoms. The standard InChI is InChI=1S/C12H15N3/c1-8-3-11-12(4-9(8)2)15(7-14-11)10-5-13-6-10/h3-4,7,10,13H,5-6H2,1-2H3. The fraction of sp³-hybridized carbons (Fsp3) is 0.417. The first-order chi connectivity index (χ1) is 7.25. The number of imidazole rings is 1. The van der Waals surface area contributed by atoms with Crippen LogP contribution in [0, 0.1) is 13.8 Å². The molecule has 0 amide bonds. The van der Waals surface area contributed by atoms with E-state index in [1.807, 2.05) is 6.33 Å². The molecule has 1 aromatic carbocycles. The second kappa shape index (κ2) is 3.07. The molecule has 2 heterocycles. The molecule has 3 rings (SSSR count). The largest absolute Gasteiger partial charge is 0.325 e. The second-order valence-corrected chi connectivity index (χ2v) is 4.39. The van der Waals surface area contributed by atoms with E-state index < -0.39 is 0 Å². The summed E-state index contributed by atoms with van der Waals surface area (Å²) in [6, 6.07) is 5.01. The maximum Gasteiger partial charge on any atom is 0.0961 e. The number of hydrogen-bond donors (Lipinski definition) is 1. The number of rotatable bonds is 1. The number of fused-ring (bicyclic) bond motifs is 1. The van der Waals surface area contributed by atoms with E-state index in [1.165, 1.54) is 16.6 Å². The molecule has 15 heavy (non-hydrogen) atoms. The van der Waals surface area contributed by atoms with Crippen molar-refractivity contribution in [3.63, 3.8) is 0 Å². The van der Waals surface area contributed by atoms with Gasteiger partial charge in [0.2, 0.25) is 0 Å². The van der Waals surface area contributed by atoms with E-state index in [2.05, 4.69) is 40.8 Å². The van der Waals surface area contributed by atoms with E-state index in [-0.39, 0.29) is 0 Å². The molecule has 0 radical (unpaired) electrons. The Kier molecular flexibility index (Phi) is 1.83. The zero-order valence-electron chi connectivity index (χ0n) is 9.12. The molecule has 1 saturated heterocycles. The zero-order chi connectivity index (χ0) is 10.4. The van der Waals surface area contributed by atoms with Gasteiger partial charge in [-0.05, 0) is 37.1 Å². The van der Waals surface area contributed by atoms with Crippen LogP contribution in [0.5, 0.6) is 0 Å². The molecular weight excluding hydrogens is 186 g/mol. The Morgan fingerprint density at radius 3 is 2.67 bits per heavy atom. The van der Waals surface area contributed by atoms with Crippen molar-refractivity contribution < 1.29 is 0 Å². The lowest BCUT2D eigenvalue weighted by Crippen LogP contribution is -2.43. The summed E-state index contributed by atoms with van der Waals surface area (Å²) in [5.74, 6) is 0. The first-order valence-electron chi connectivity index (χ1n) is 5.40. The van der Waals surface area contributed by atoms with Gasteiger partial charge in [0, 0.05) is 13.1 Å². The summed E-state index contributed by atoms with van der Waals surface area (Å²) in [6.45, 7) is 6.43. The van der Waals surface area contributed by atoms with Crippen LogP contribution in [0.2, 0.25) is 0 Å². The Bertz CT molecular complexity index is 509. The summed E-state index contributed by atoms with van der Waals surface area (Å²) in [6.07, 6.45) is 1.97. The van der Waals surface area contributed by atoms with Crippen LogP contribution in [-0.2, 0) is 0 Å². The molecule has 0 spiro atoms. The molecule has 2 aromatic rings. The molecule has 1 aromatic heterocycles. The van der Waals surface area contributed by atoms with Crippen molar-refractivity contribution in [3.8, 4) is 0 Å². The molecule has 0 saturated carbocycles. The van der Waals surface area contributed by atoms with Crippen LogP contribution >= 0.6 is 0 Å². The Morgan fingerprint density at radius 1 is 1.27 bits per heavy atom. The molecule has 0 aliphatic carbocycles. The van der Waals surface area contributed by atoms with Crippen molar-refractivity contribution in [2.45, 2.75) is 19.9 Å². The average molecular weight is 201 g/mol. The molecule has 1 N–H and O–H groups in total. The number of aromatic nitrogens is 2. The Balaban J connectivity index is 2.19. The number of nitrogens with zero attached hydrogens (tertiary/aromatic N) is 2. The minimum atomic E-state index is 0.595. The number of aryl methyl sites for hydroxylation is 2. The molecule has 1 aliphatic heterocycles. The van der Waals surface area contributed by atoms with E-state index in [0.717, 1.165) is 18.6 Å². The van der Waals surface area contributed by atoms with E-state index in [4.69, 9.17) is 0 Å². The topological polar surface area (TPSA) is 29.9 Å². The van der Waals surface area contributed by atoms with E-state index in [0.29, 0.717) is 6.04 Å². The predicted octanol–water partition coefficient (Wildman–Crippen LogP) is 1.80. The highest BCUT2D eigenvalue weighted by molar-refractivity contribution is 5.77. The van der Waals surface area contributed by atoms with Crippen molar-refractivity contribution in [3.05, 3.63) is 29.6 Å². The predicted molar refractivity (Wildman–Crippen MR) is 61.1 cm³/mol. The van der Waals surface area contributed by atoms with Gasteiger partial charge in [-0.3, -0.25) is 0 Å². The third kappa shape index (κ3) is 1.27. The smallest absolute Gasteiger partial charge is 0.0961 e. The molecule has 0 unspecified atom stereocenters. The van der Waals surface area contributed by atoms with Gasteiger partial charge in [0.25, 0.3) is 0 Å². The lowest BCUT2D eigenvalue weighted by Gasteiger charge is -2.28. The average Bonchev–Trinajstić information content (AvgIpc) is 2.48. The molecule has 3 nitrogen and oxygen atoms in total. The van der Waals surface area contributed by atoms with E-state index >= 15 is 0 Å². The minimum absolute atomic E-state index is 0.595. The Morgan fingerprint density at radius 2 is 2.00 bits per heavy atom. The zero-order valence-corrected chi connectivity index (χ0v) is 9.12. The van der Waals surface area contributed by atoms with Crippen molar-refractivity contribution in [1.29, 1.82) is 0 Å². The summed E-state index contributed by atoms with van der Waals surface area (Å²) >= 11 is 0. The third-order valence-electron chi connectivity index (χ3n) is 3.34. The first-order valence-corrected chi connectivity index (χ1v) is 5.40.